The van der Waals surface area contributed by atoms with Crippen LogP contribution in [0.3, 0.4) is 0 Å². The Labute approximate surface area is 137 Å². The zero-order chi connectivity index (χ0) is 16.3. The Morgan fingerprint density at radius 3 is 2.52 bits per heavy atom. The van der Waals surface area contributed by atoms with Crippen molar-refractivity contribution in [2.75, 3.05) is 0 Å². The number of rotatable bonds is 5. The Bertz CT molecular complexity index is 666. The topological polar surface area (TPSA) is 49.3 Å². The van der Waals surface area contributed by atoms with Crippen LogP contribution in [0, 0.1) is 0 Å². The molecule has 0 spiro atoms. The van der Waals surface area contributed by atoms with E-state index in [2.05, 4.69) is 42.6 Å². The first-order chi connectivity index (χ1) is 11.1. The Morgan fingerprint density at radius 2 is 1.87 bits per heavy atom. The van der Waals surface area contributed by atoms with Crippen LogP contribution >= 0.6 is 0 Å². The molecule has 2 aromatic rings. The van der Waals surface area contributed by atoms with Crippen LogP contribution in [0.25, 0.3) is 0 Å². The molecule has 0 aromatic heterocycles. The van der Waals surface area contributed by atoms with E-state index in [1.807, 2.05) is 12.1 Å². The van der Waals surface area contributed by atoms with Gasteiger partial charge in [0.2, 0.25) is 0 Å². The largest absolute Gasteiger partial charge is 0.478 e. The van der Waals surface area contributed by atoms with E-state index in [1.165, 1.54) is 18.4 Å². The van der Waals surface area contributed by atoms with Gasteiger partial charge in [0.25, 0.3) is 0 Å². The normalized spacial score (nSPS) is 23.8. The highest BCUT2D eigenvalue weighted by atomic mass is 16.4. The standard InChI is InChI=1S/C20H23NO2/c1-20(17-5-3-2-4-6-17)12-11-18(13-20)21-14-15-7-9-16(10-8-15)19(22)23/h2-10,18,21H,11-14H2,1H3,(H,22,23)/t18-,20-/m1/s1. The summed E-state index contributed by atoms with van der Waals surface area (Å²) in [5.74, 6) is -0.876. The minimum Gasteiger partial charge on any atom is -0.478 e. The lowest BCUT2D eigenvalue weighted by molar-refractivity contribution is 0.0697. The van der Waals surface area contributed by atoms with Gasteiger partial charge in [-0.25, -0.2) is 4.79 Å². The third kappa shape index (κ3) is 3.62. The van der Waals surface area contributed by atoms with Gasteiger partial charge in [-0.3, -0.25) is 0 Å². The van der Waals surface area contributed by atoms with Crippen LogP contribution in [0.5, 0.6) is 0 Å². The summed E-state index contributed by atoms with van der Waals surface area (Å²) in [7, 11) is 0. The monoisotopic (exact) mass is 309 g/mol. The average molecular weight is 309 g/mol. The summed E-state index contributed by atoms with van der Waals surface area (Å²) in [5.41, 5.74) is 3.15. The van der Waals surface area contributed by atoms with Gasteiger partial charge in [-0.05, 0) is 47.9 Å². The summed E-state index contributed by atoms with van der Waals surface area (Å²) in [6.45, 7) is 3.14. The van der Waals surface area contributed by atoms with Crippen LogP contribution < -0.4 is 5.32 Å². The van der Waals surface area contributed by atoms with Gasteiger partial charge < -0.3 is 10.4 Å². The highest BCUT2D eigenvalue weighted by Gasteiger charge is 2.35. The first-order valence-corrected chi connectivity index (χ1v) is 8.18. The number of benzene rings is 2. The predicted molar refractivity (Wildman–Crippen MR) is 91.7 cm³/mol. The maximum absolute atomic E-state index is 10.9. The SMILES string of the molecule is C[C@@]1(c2ccccc2)CC[C@@H](NCc2ccc(C(=O)O)cc2)C1. The van der Waals surface area contributed by atoms with Crippen molar-refractivity contribution in [1.82, 2.24) is 5.32 Å². The maximum atomic E-state index is 10.9. The van der Waals surface area contributed by atoms with Gasteiger partial charge >= 0.3 is 5.97 Å². The van der Waals surface area contributed by atoms with E-state index in [0.29, 0.717) is 11.6 Å². The number of hydrogen-bond acceptors (Lipinski definition) is 2. The molecule has 120 valence electrons. The van der Waals surface area contributed by atoms with Gasteiger partial charge in [-0.15, -0.1) is 0 Å². The van der Waals surface area contributed by atoms with Crippen molar-refractivity contribution in [1.29, 1.82) is 0 Å². The number of nitrogens with one attached hydrogen (secondary N) is 1. The molecule has 0 heterocycles. The van der Waals surface area contributed by atoms with E-state index in [1.54, 1.807) is 12.1 Å². The summed E-state index contributed by atoms with van der Waals surface area (Å²) in [6.07, 6.45) is 3.52. The van der Waals surface area contributed by atoms with Gasteiger partial charge in [0.05, 0.1) is 5.56 Å². The molecule has 1 aliphatic rings. The lowest BCUT2D eigenvalue weighted by atomic mass is 9.81. The fraction of sp³-hybridized carbons (Fsp3) is 0.350. The molecule has 0 radical (unpaired) electrons. The molecule has 2 N–H and O–H groups in total. The Hall–Kier alpha value is -2.13. The minimum atomic E-state index is -0.876. The van der Waals surface area contributed by atoms with E-state index in [4.69, 9.17) is 5.11 Å². The van der Waals surface area contributed by atoms with E-state index in [9.17, 15) is 4.79 Å². The van der Waals surface area contributed by atoms with Crippen molar-refractivity contribution in [2.24, 2.45) is 0 Å². The van der Waals surface area contributed by atoms with Crippen molar-refractivity contribution in [3.8, 4) is 0 Å². The van der Waals surface area contributed by atoms with Crippen LogP contribution in [-0.2, 0) is 12.0 Å². The van der Waals surface area contributed by atoms with Crippen molar-refractivity contribution in [2.45, 2.75) is 44.2 Å². The van der Waals surface area contributed by atoms with Crippen LogP contribution in [-0.4, -0.2) is 17.1 Å². The molecule has 0 amide bonds. The Balaban J connectivity index is 1.57. The molecule has 3 heteroatoms. The summed E-state index contributed by atoms with van der Waals surface area (Å²) < 4.78 is 0. The molecule has 0 bridgehead atoms. The van der Waals surface area contributed by atoms with E-state index in [-0.39, 0.29) is 5.41 Å². The molecule has 3 nitrogen and oxygen atoms in total. The number of carbonyl (C=O) groups is 1. The van der Waals surface area contributed by atoms with Gasteiger partial charge in [-0.1, -0.05) is 49.4 Å². The fourth-order valence-corrected chi connectivity index (χ4v) is 3.55. The predicted octanol–water partition coefficient (Wildman–Crippen LogP) is 3.98. The van der Waals surface area contributed by atoms with Gasteiger partial charge in [0.1, 0.15) is 0 Å². The quantitative estimate of drug-likeness (QED) is 0.878. The summed E-state index contributed by atoms with van der Waals surface area (Å²) in [4.78, 5) is 10.9. The van der Waals surface area contributed by atoms with E-state index in [0.717, 1.165) is 18.5 Å². The van der Waals surface area contributed by atoms with Gasteiger partial charge in [-0.2, -0.15) is 0 Å². The molecule has 2 aromatic carbocycles. The van der Waals surface area contributed by atoms with Crippen molar-refractivity contribution < 1.29 is 9.90 Å². The van der Waals surface area contributed by atoms with Crippen LogP contribution in [0.2, 0.25) is 0 Å². The lowest BCUT2D eigenvalue weighted by Gasteiger charge is -2.25. The molecule has 0 saturated heterocycles. The first kappa shape index (κ1) is 15.8. The van der Waals surface area contributed by atoms with E-state index >= 15 is 0 Å². The van der Waals surface area contributed by atoms with Crippen molar-refractivity contribution >= 4 is 5.97 Å². The lowest BCUT2D eigenvalue weighted by Crippen LogP contribution is -2.28. The highest BCUT2D eigenvalue weighted by molar-refractivity contribution is 5.87. The minimum absolute atomic E-state index is 0.256. The van der Waals surface area contributed by atoms with E-state index < -0.39 is 5.97 Å². The molecular weight excluding hydrogens is 286 g/mol. The number of hydrogen-bond donors (Lipinski definition) is 2. The number of carboxylic acids is 1. The summed E-state index contributed by atoms with van der Waals surface area (Å²) >= 11 is 0. The third-order valence-corrected chi connectivity index (χ3v) is 5.01. The average Bonchev–Trinajstić information content (AvgIpc) is 2.97. The van der Waals surface area contributed by atoms with Crippen molar-refractivity contribution in [3.05, 3.63) is 71.3 Å². The molecule has 1 aliphatic carbocycles. The third-order valence-electron chi connectivity index (χ3n) is 5.01. The van der Waals surface area contributed by atoms with Crippen LogP contribution in [0.1, 0.15) is 47.7 Å². The van der Waals surface area contributed by atoms with Crippen LogP contribution in [0.15, 0.2) is 54.6 Å². The molecular formula is C20H23NO2. The van der Waals surface area contributed by atoms with Crippen LogP contribution in [0.4, 0.5) is 0 Å². The second kappa shape index (κ2) is 6.55. The molecule has 1 fully saturated rings. The van der Waals surface area contributed by atoms with Gasteiger partial charge in [0, 0.05) is 12.6 Å². The molecule has 1 saturated carbocycles. The first-order valence-electron chi connectivity index (χ1n) is 8.18. The van der Waals surface area contributed by atoms with Crippen molar-refractivity contribution in [3.63, 3.8) is 0 Å². The second-order valence-electron chi connectivity index (χ2n) is 6.75. The number of carboxylic acid groups (broad SMARTS) is 1. The molecule has 2 atom stereocenters. The maximum Gasteiger partial charge on any atom is 0.335 e. The Morgan fingerprint density at radius 1 is 1.17 bits per heavy atom. The molecule has 0 aliphatic heterocycles. The van der Waals surface area contributed by atoms with Gasteiger partial charge in [0.15, 0.2) is 0 Å². The zero-order valence-corrected chi connectivity index (χ0v) is 13.5. The zero-order valence-electron chi connectivity index (χ0n) is 13.5. The summed E-state index contributed by atoms with van der Waals surface area (Å²) in [6, 6.07) is 18.4. The second-order valence-corrected chi connectivity index (χ2v) is 6.75. The highest BCUT2D eigenvalue weighted by Crippen LogP contribution is 2.40. The molecule has 23 heavy (non-hydrogen) atoms. The summed E-state index contributed by atoms with van der Waals surface area (Å²) in [5, 5.41) is 12.6. The molecule has 0 unspecified atom stereocenters. The molecule has 3 rings (SSSR count). The Kier molecular flexibility index (Phi) is 4.49. The smallest absolute Gasteiger partial charge is 0.335 e. The number of aromatic carboxylic acids is 1. The fourth-order valence-electron chi connectivity index (χ4n) is 3.55.